The first-order valence-electron chi connectivity index (χ1n) is 11.1. The first kappa shape index (κ1) is 30.0. The molecule has 12 heteroatoms. The summed E-state index contributed by atoms with van der Waals surface area (Å²) in [7, 11) is -2.43. The molecule has 0 fully saturated rings. The van der Waals surface area contributed by atoms with Crippen LogP contribution in [-0.4, -0.2) is 57.1 Å². The highest BCUT2D eigenvalue weighted by molar-refractivity contribution is 7.92. The van der Waals surface area contributed by atoms with Crippen LogP contribution in [0.5, 0.6) is 5.75 Å². The van der Waals surface area contributed by atoms with Crippen molar-refractivity contribution in [3.05, 3.63) is 57.0 Å². The summed E-state index contributed by atoms with van der Waals surface area (Å²) < 4.78 is 31.4. The number of hydrogen-bond acceptors (Lipinski definition) is 5. The van der Waals surface area contributed by atoms with Crippen molar-refractivity contribution in [1.29, 1.82) is 0 Å². The van der Waals surface area contributed by atoms with Crippen LogP contribution >= 0.6 is 34.8 Å². The molecule has 1 N–H and O–H groups in total. The Bertz CT molecular complexity index is 1190. The number of methoxy groups -OCH3 is 1. The van der Waals surface area contributed by atoms with Crippen molar-refractivity contribution in [3.63, 3.8) is 0 Å². The molecule has 2 aromatic carbocycles. The van der Waals surface area contributed by atoms with Crippen LogP contribution in [0.15, 0.2) is 36.4 Å². The lowest BCUT2D eigenvalue weighted by Crippen LogP contribution is -2.52. The number of halogens is 3. The predicted molar refractivity (Wildman–Crippen MR) is 145 cm³/mol. The molecule has 0 spiro atoms. The lowest BCUT2D eigenvalue weighted by molar-refractivity contribution is -0.139. The fourth-order valence-electron chi connectivity index (χ4n) is 3.27. The average Bonchev–Trinajstić information content (AvgIpc) is 2.82. The molecule has 0 unspecified atom stereocenters. The molecule has 0 saturated carbocycles. The first-order chi connectivity index (χ1) is 16.8. The Morgan fingerprint density at radius 1 is 1.03 bits per heavy atom. The zero-order valence-electron chi connectivity index (χ0n) is 20.7. The van der Waals surface area contributed by atoms with Crippen LogP contribution in [0.25, 0.3) is 0 Å². The van der Waals surface area contributed by atoms with Crippen LogP contribution in [0.4, 0.5) is 5.69 Å². The molecule has 0 bridgehead atoms. The highest BCUT2D eigenvalue weighted by atomic mass is 35.5. The molecule has 2 atom stereocenters. The van der Waals surface area contributed by atoms with E-state index in [2.05, 4.69) is 5.32 Å². The Balaban J connectivity index is 2.45. The van der Waals surface area contributed by atoms with E-state index in [0.29, 0.717) is 12.2 Å². The van der Waals surface area contributed by atoms with Crippen LogP contribution in [0.3, 0.4) is 0 Å². The number of anilines is 1. The highest BCUT2D eigenvalue weighted by Gasteiger charge is 2.31. The van der Waals surface area contributed by atoms with Gasteiger partial charge in [0.1, 0.15) is 18.3 Å². The SMILES string of the molecule is CC[C@H](C)NC(=O)[C@H](C)N(Cc1ccc(OC)cc1)C(=O)CN(c1cc(Cl)c(Cl)cc1Cl)S(C)(=O)=O. The van der Waals surface area contributed by atoms with E-state index in [1.807, 2.05) is 13.8 Å². The molecule has 198 valence electrons. The van der Waals surface area contributed by atoms with Gasteiger partial charge in [0.2, 0.25) is 21.8 Å². The Labute approximate surface area is 227 Å². The summed E-state index contributed by atoms with van der Waals surface area (Å²) in [5.74, 6) is -0.327. The number of nitrogens with one attached hydrogen (secondary N) is 1. The van der Waals surface area contributed by atoms with Gasteiger partial charge in [-0.3, -0.25) is 13.9 Å². The van der Waals surface area contributed by atoms with Gasteiger partial charge in [0.25, 0.3) is 0 Å². The van der Waals surface area contributed by atoms with Gasteiger partial charge >= 0.3 is 0 Å². The summed E-state index contributed by atoms with van der Waals surface area (Å²) in [6, 6.07) is 8.61. The molecule has 2 aromatic rings. The molecule has 36 heavy (non-hydrogen) atoms. The molecule has 8 nitrogen and oxygen atoms in total. The van der Waals surface area contributed by atoms with E-state index in [-0.39, 0.29) is 39.2 Å². The Kier molecular flexibility index (Phi) is 10.7. The summed E-state index contributed by atoms with van der Waals surface area (Å²) in [6.45, 7) is 4.84. The molecule has 2 rings (SSSR count). The topological polar surface area (TPSA) is 96.0 Å². The standard InChI is InChI=1S/C24H30Cl3N3O5S/c1-6-15(2)28-24(32)16(3)29(13-17-7-9-18(35-4)10-8-17)23(31)14-30(36(5,33)34)22-12-20(26)19(25)11-21(22)27/h7-12,15-16H,6,13-14H2,1-5H3,(H,28,32)/t15-,16-/m0/s1. The van der Waals surface area contributed by atoms with E-state index in [4.69, 9.17) is 39.5 Å². The van der Waals surface area contributed by atoms with Gasteiger partial charge in [0.15, 0.2) is 0 Å². The second kappa shape index (κ2) is 12.9. The number of ether oxygens (including phenoxy) is 1. The van der Waals surface area contributed by atoms with Gasteiger partial charge in [0.05, 0.1) is 34.1 Å². The zero-order valence-corrected chi connectivity index (χ0v) is 23.8. The van der Waals surface area contributed by atoms with E-state index in [9.17, 15) is 18.0 Å². The largest absolute Gasteiger partial charge is 0.497 e. The van der Waals surface area contributed by atoms with Gasteiger partial charge < -0.3 is 15.0 Å². The number of carbonyl (C=O) groups is 2. The minimum Gasteiger partial charge on any atom is -0.497 e. The first-order valence-corrected chi connectivity index (χ1v) is 14.1. The van der Waals surface area contributed by atoms with Crippen molar-refractivity contribution < 1.29 is 22.7 Å². The summed E-state index contributed by atoms with van der Waals surface area (Å²) in [5, 5.41) is 3.09. The molecule has 2 amide bonds. The number of sulfonamides is 1. The van der Waals surface area contributed by atoms with Gasteiger partial charge in [-0.15, -0.1) is 0 Å². The van der Waals surface area contributed by atoms with Gasteiger partial charge in [0, 0.05) is 12.6 Å². The second-order valence-electron chi connectivity index (χ2n) is 8.35. The fourth-order valence-corrected chi connectivity index (χ4v) is 4.82. The smallest absolute Gasteiger partial charge is 0.244 e. The van der Waals surface area contributed by atoms with Gasteiger partial charge in [-0.05, 0) is 50.1 Å². The van der Waals surface area contributed by atoms with E-state index in [1.165, 1.54) is 17.0 Å². The van der Waals surface area contributed by atoms with Crippen molar-refractivity contribution in [1.82, 2.24) is 10.2 Å². The third kappa shape index (κ3) is 7.90. The summed E-state index contributed by atoms with van der Waals surface area (Å²) >= 11 is 18.3. The quantitative estimate of drug-likeness (QED) is 0.388. The van der Waals surface area contributed by atoms with Crippen molar-refractivity contribution in [2.24, 2.45) is 0 Å². The lowest BCUT2D eigenvalue weighted by Gasteiger charge is -2.32. The molecule has 0 saturated heterocycles. The van der Waals surface area contributed by atoms with Crippen molar-refractivity contribution >= 4 is 62.3 Å². The zero-order chi connectivity index (χ0) is 27.2. The molecule has 0 radical (unpaired) electrons. The third-order valence-electron chi connectivity index (χ3n) is 5.62. The molecule has 0 aliphatic heterocycles. The van der Waals surface area contributed by atoms with E-state index in [0.717, 1.165) is 16.1 Å². The van der Waals surface area contributed by atoms with E-state index in [1.54, 1.807) is 38.3 Å². The van der Waals surface area contributed by atoms with Crippen molar-refractivity contribution in [3.8, 4) is 5.75 Å². The maximum atomic E-state index is 13.6. The molecule has 0 aliphatic rings. The number of carbonyl (C=O) groups excluding carboxylic acids is 2. The predicted octanol–water partition coefficient (Wildman–Crippen LogP) is 4.75. The molecule has 0 aliphatic carbocycles. The van der Waals surface area contributed by atoms with Crippen molar-refractivity contribution in [2.45, 2.75) is 45.8 Å². The monoisotopic (exact) mass is 577 g/mol. The molecule has 0 aromatic heterocycles. The number of hydrogen-bond donors (Lipinski definition) is 1. The van der Waals surface area contributed by atoms with Crippen LogP contribution in [-0.2, 0) is 26.2 Å². The molecule has 0 heterocycles. The van der Waals surface area contributed by atoms with Gasteiger partial charge in [-0.25, -0.2) is 8.42 Å². The maximum absolute atomic E-state index is 13.6. The Morgan fingerprint density at radius 3 is 2.14 bits per heavy atom. The van der Waals surface area contributed by atoms with E-state index >= 15 is 0 Å². The normalized spacial score (nSPS) is 13.0. The summed E-state index contributed by atoms with van der Waals surface area (Å²) in [6.07, 6.45) is 1.66. The third-order valence-corrected chi connectivity index (χ3v) is 7.77. The molecular formula is C24H30Cl3N3O5S. The Morgan fingerprint density at radius 2 is 1.61 bits per heavy atom. The van der Waals surface area contributed by atoms with Gasteiger partial charge in [-0.1, -0.05) is 53.9 Å². The van der Waals surface area contributed by atoms with E-state index < -0.39 is 28.5 Å². The minimum atomic E-state index is -3.97. The van der Waals surface area contributed by atoms with Crippen LogP contribution in [0.1, 0.15) is 32.8 Å². The maximum Gasteiger partial charge on any atom is 0.244 e. The van der Waals surface area contributed by atoms with Crippen LogP contribution < -0.4 is 14.4 Å². The van der Waals surface area contributed by atoms with Crippen LogP contribution in [0, 0.1) is 0 Å². The summed E-state index contributed by atoms with van der Waals surface area (Å²) in [4.78, 5) is 27.8. The average molecular weight is 579 g/mol. The lowest BCUT2D eigenvalue weighted by atomic mass is 10.1. The van der Waals surface area contributed by atoms with Crippen LogP contribution in [0.2, 0.25) is 15.1 Å². The minimum absolute atomic E-state index is 0.00280. The number of amides is 2. The highest BCUT2D eigenvalue weighted by Crippen LogP contribution is 2.35. The number of benzene rings is 2. The number of rotatable bonds is 11. The number of nitrogens with zero attached hydrogens (tertiary/aromatic N) is 2. The molecular weight excluding hydrogens is 549 g/mol. The van der Waals surface area contributed by atoms with Crippen molar-refractivity contribution in [2.75, 3.05) is 24.2 Å². The summed E-state index contributed by atoms with van der Waals surface area (Å²) in [5.41, 5.74) is 0.730. The fraction of sp³-hybridized carbons (Fsp3) is 0.417. The second-order valence-corrected chi connectivity index (χ2v) is 11.5. The van der Waals surface area contributed by atoms with Gasteiger partial charge in [-0.2, -0.15) is 0 Å². The Hall–Kier alpha value is -2.20.